The van der Waals surface area contributed by atoms with Gasteiger partial charge >= 0.3 is 0 Å². The first-order valence-electron chi connectivity index (χ1n) is 19.2. The number of nitro benzene ring substituents is 1. The first-order chi connectivity index (χ1) is 27.4. The van der Waals surface area contributed by atoms with E-state index in [9.17, 15) is 34.1 Å². The van der Waals surface area contributed by atoms with E-state index in [1.165, 1.54) is 24.3 Å². The van der Waals surface area contributed by atoms with Crippen molar-refractivity contribution < 1.29 is 33.6 Å². The van der Waals surface area contributed by atoms with Gasteiger partial charge in [-0.15, -0.1) is 0 Å². The number of ether oxygens (including phenoxy) is 1. The Morgan fingerprint density at radius 2 is 1.61 bits per heavy atom. The Hall–Kier alpha value is -5.09. The third-order valence-corrected chi connectivity index (χ3v) is 12.3. The molecule has 57 heavy (non-hydrogen) atoms. The van der Waals surface area contributed by atoms with Crippen LogP contribution in [0.3, 0.4) is 0 Å². The lowest BCUT2D eigenvalue weighted by molar-refractivity contribution is -0.384. The van der Waals surface area contributed by atoms with Crippen molar-refractivity contribution in [3.05, 3.63) is 91.4 Å². The number of hydrogen-bond donors (Lipinski definition) is 2. The maximum Gasteiger partial charge on any atom is 0.271 e. The average Bonchev–Trinajstić information content (AvgIpc) is 3.42. The molecule has 0 aliphatic carbocycles. The van der Waals surface area contributed by atoms with Crippen LogP contribution in [0, 0.1) is 16.0 Å². The Morgan fingerprint density at radius 1 is 0.877 bits per heavy atom. The van der Waals surface area contributed by atoms with E-state index >= 15 is 0 Å². The van der Waals surface area contributed by atoms with E-state index in [4.69, 9.17) is 27.9 Å². The van der Waals surface area contributed by atoms with Gasteiger partial charge in [-0.1, -0.05) is 23.2 Å². The molecule has 15 nitrogen and oxygen atoms in total. The lowest BCUT2D eigenvalue weighted by Gasteiger charge is -2.46. The minimum absolute atomic E-state index is 0.0460. The van der Waals surface area contributed by atoms with Gasteiger partial charge in [0.05, 0.1) is 32.3 Å². The smallest absolute Gasteiger partial charge is 0.271 e. The molecule has 0 radical (unpaired) electrons. The predicted molar refractivity (Wildman–Crippen MR) is 211 cm³/mol. The van der Waals surface area contributed by atoms with Gasteiger partial charge in [0.15, 0.2) is 0 Å². The molecule has 0 aromatic heterocycles. The number of carbonyl (C=O) groups excluding carboxylic acids is 5. The number of fused-ring (bicyclic) bond motifs is 1. The van der Waals surface area contributed by atoms with Gasteiger partial charge in [0.2, 0.25) is 11.8 Å². The number of anilines is 2. The molecule has 1 unspecified atom stereocenters. The van der Waals surface area contributed by atoms with Crippen LogP contribution < -0.4 is 20.3 Å². The van der Waals surface area contributed by atoms with E-state index in [0.717, 1.165) is 82.1 Å². The molecule has 5 aliphatic rings. The molecular weight excluding hydrogens is 777 g/mol. The average molecular weight is 819 g/mol. The number of hydrogen-bond acceptors (Lipinski definition) is 11. The maximum atomic E-state index is 13.3. The zero-order chi connectivity index (χ0) is 40.0. The summed E-state index contributed by atoms with van der Waals surface area (Å²) >= 11 is 12.5. The number of rotatable bonds is 10. The van der Waals surface area contributed by atoms with Gasteiger partial charge in [0.25, 0.3) is 23.4 Å². The summed E-state index contributed by atoms with van der Waals surface area (Å²) in [7, 11) is 0. The molecule has 1 atom stereocenters. The molecule has 4 saturated heterocycles. The number of nitrogens with zero attached hydrogens (tertiary/aromatic N) is 5. The molecule has 8 rings (SSSR count). The van der Waals surface area contributed by atoms with E-state index in [2.05, 4.69) is 25.3 Å². The molecule has 17 heteroatoms. The summed E-state index contributed by atoms with van der Waals surface area (Å²) in [6.45, 7) is 6.52. The van der Waals surface area contributed by atoms with Crippen molar-refractivity contribution in [2.24, 2.45) is 5.92 Å². The molecule has 0 saturated carbocycles. The molecule has 4 fully saturated rings. The van der Waals surface area contributed by atoms with E-state index in [1.807, 2.05) is 6.07 Å². The lowest BCUT2D eigenvalue weighted by atomic mass is 9.94. The fourth-order valence-electron chi connectivity index (χ4n) is 8.61. The Bertz CT molecular complexity index is 2150. The second-order valence-electron chi connectivity index (χ2n) is 15.3. The van der Waals surface area contributed by atoms with Crippen LogP contribution in [-0.4, -0.2) is 113 Å². The highest BCUT2D eigenvalue weighted by Gasteiger charge is 2.45. The summed E-state index contributed by atoms with van der Waals surface area (Å²) < 4.78 is 6.37. The van der Waals surface area contributed by atoms with Crippen LogP contribution in [0.2, 0.25) is 10.0 Å². The van der Waals surface area contributed by atoms with Crippen molar-refractivity contribution in [1.82, 2.24) is 20.0 Å². The monoisotopic (exact) mass is 817 g/mol. The topological polar surface area (TPSA) is 175 Å². The number of halogens is 2. The van der Waals surface area contributed by atoms with E-state index in [0.29, 0.717) is 28.3 Å². The van der Waals surface area contributed by atoms with E-state index in [1.54, 1.807) is 24.3 Å². The van der Waals surface area contributed by atoms with Gasteiger partial charge in [-0.05, 0) is 87.7 Å². The molecule has 298 valence electrons. The van der Waals surface area contributed by atoms with Crippen molar-refractivity contribution in [2.75, 3.05) is 56.0 Å². The van der Waals surface area contributed by atoms with E-state index < -0.39 is 40.5 Å². The van der Waals surface area contributed by atoms with Crippen molar-refractivity contribution in [2.45, 2.75) is 56.7 Å². The highest BCUT2D eigenvalue weighted by molar-refractivity contribution is 6.34. The van der Waals surface area contributed by atoms with Gasteiger partial charge < -0.3 is 24.8 Å². The molecule has 5 heterocycles. The van der Waals surface area contributed by atoms with Crippen LogP contribution in [0.25, 0.3) is 0 Å². The minimum Gasteiger partial charge on any atom is -0.489 e. The minimum atomic E-state index is -0.978. The second-order valence-corrected chi connectivity index (χ2v) is 16.2. The van der Waals surface area contributed by atoms with Crippen molar-refractivity contribution >= 4 is 69.8 Å². The van der Waals surface area contributed by atoms with Crippen LogP contribution in [0.1, 0.15) is 69.6 Å². The summed E-state index contributed by atoms with van der Waals surface area (Å²) in [6, 6.07) is 13.5. The zero-order valence-electron chi connectivity index (χ0n) is 31.0. The van der Waals surface area contributed by atoms with Crippen LogP contribution in [0.15, 0.2) is 54.6 Å². The molecule has 0 bridgehead atoms. The number of amides is 5. The van der Waals surface area contributed by atoms with Crippen LogP contribution in [0.4, 0.5) is 17.1 Å². The van der Waals surface area contributed by atoms with Crippen molar-refractivity contribution in [3.8, 4) is 5.75 Å². The number of likely N-dealkylation sites (tertiary alicyclic amines) is 2. The molecular formula is C40H41Cl2N7O8. The number of benzene rings is 3. The number of non-ortho nitro benzene ring substituents is 1. The van der Waals surface area contributed by atoms with Crippen LogP contribution in [-0.2, 0) is 9.59 Å². The summed E-state index contributed by atoms with van der Waals surface area (Å²) in [5, 5.41) is 16.4. The maximum absolute atomic E-state index is 13.3. The molecule has 3 aromatic carbocycles. The van der Waals surface area contributed by atoms with Gasteiger partial charge in [0, 0.05) is 73.9 Å². The number of imide groups is 2. The lowest BCUT2D eigenvalue weighted by Crippen LogP contribution is -2.54. The van der Waals surface area contributed by atoms with E-state index in [-0.39, 0.29) is 46.5 Å². The summed E-state index contributed by atoms with van der Waals surface area (Å²) in [5.41, 5.74) is 1.77. The highest BCUT2D eigenvalue weighted by atomic mass is 35.5. The summed E-state index contributed by atoms with van der Waals surface area (Å²) in [6.07, 6.45) is 3.93. The number of piperidine rings is 3. The highest BCUT2D eigenvalue weighted by Crippen LogP contribution is 2.35. The molecule has 3 aromatic rings. The largest absolute Gasteiger partial charge is 0.489 e. The Morgan fingerprint density at radius 3 is 2.32 bits per heavy atom. The summed E-state index contributed by atoms with van der Waals surface area (Å²) in [5.74, 6) is -1.59. The molecule has 5 amide bonds. The van der Waals surface area contributed by atoms with Crippen molar-refractivity contribution in [3.63, 3.8) is 0 Å². The quantitative estimate of drug-likeness (QED) is 0.160. The Kier molecular flexibility index (Phi) is 10.9. The van der Waals surface area contributed by atoms with Gasteiger partial charge in [-0.25, -0.2) is 0 Å². The van der Waals surface area contributed by atoms with Crippen LogP contribution in [0.5, 0.6) is 5.75 Å². The predicted octanol–water partition coefficient (Wildman–Crippen LogP) is 5.00. The molecule has 0 spiro atoms. The first-order valence-corrected chi connectivity index (χ1v) is 20.0. The summed E-state index contributed by atoms with van der Waals surface area (Å²) in [4.78, 5) is 82.4. The molecule has 2 N–H and O–H groups in total. The normalized spacial score (nSPS) is 21.3. The fraction of sp³-hybridized carbons (Fsp3) is 0.425. The Balaban J connectivity index is 0.778. The third kappa shape index (κ3) is 8.06. The number of nitrogens with one attached hydrogen (secondary N) is 2. The third-order valence-electron chi connectivity index (χ3n) is 11.7. The SMILES string of the molecule is O=C1CCC(N2C(=O)c3ccc(N4CC(CN5CCC(N6CCC(Oc7ccc(Cl)cc7C(=O)Nc7ccc([N+](=O)[O-])cc7Cl)CC6)CC5)C4)cc3C2=O)C(=O)N1. The second kappa shape index (κ2) is 16.0. The fourth-order valence-corrected chi connectivity index (χ4v) is 9.01. The number of carbonyl (C=O) groups is 5. The van der Waals surface area contributed by atoms with Crippen LogP contribution >= 0.6 is 23.2 Å². The zero-order valence-corrected chi connectivity index (χ0v) is 32.5. The number of nitro groups is 1. The molecule has 5 aliphatic heterocycles. The van der Waals surface area contributed by atoms with Gasteiger partial charge in [-0.2, -0.15) is 0 Å². The van der Waals surface area contributed by atoms with Gasteiger partial charge in [0.1, 0.15) is 17.9 Å². The van der Waals surface area contributed by atoms with Crippen molar-refractivity contribution in [1.29, 1.82) is 0 Å². The van der Waals surface area contributed by atoms with Gasteiger partial charge in [-0.3, -0.25) is 44.3 Å². The standard InChI is InChI=1S/C40H41Cl2N7O8/c41-24-1-7-35(31(17-24)37(51)43-33-5-3-27(49(55)56)19-32(33)42)57-28-11-15-46(16-12-28)25-9-13-45(14-10-25)20-23-21-47(22-23)26-2-4-29-30(18-26)40(54)48(39(29)53)34-6-8-36(50)44-38(34)52/h1-5,7,17-19,23,25,28,34H,6,8-16,20-22H2,(H,43,51)(H,44,50,52). The first kappa shape index (κ1) is 38.8. The Labute approximate surface area is 338 Å².